The molecule has 1 aromatic heterocycles. The first-order chi connectivity index (χ1) is 21.4. The fourth-order valence-electron chi connectivity index (χ4n) is 5.78. The lowest BCUT2D eigenvalue weighted by atomic mass is 9.97. The molecule has 9 heteroatoms. The topological polar surface area (TPSA) is 93.7 Å². The van der Waals surface area contributed by atoms with Crippen molar-refractivity contribution in [2.75, 3.05) is 33.9 Å². The number of aromatic nitrogens is 2. The van der Waals surface area contributed by atoms with Crippen LogP contribution in [0.3, 0.4) is 0 Å². The maximum absolute atomic E-state index is 13.0. The second kappa shape index (κ2) is 13.1. The zero-order valence-corrected chi connectivity index (χ0v) is 25.8. The van der Waals surface area contributed by atoms with Gasteiger partial charge in [0, 0.05) is 36.8 Å². The van der Waals surface area contributed by atoms with Crippen molar-refractivity contribution < 1.29 is 17.9 Å². The number of rotatable bonds is 10. The van der Waals surface area contributed by atoms with Crippen LogP contribution in [0.4, 0.5) is 0 Å². The van der Waals surface area contributed by atoms with E-state index < -0.39 is 10.0 Å². The number of hydrogen-bond donors (Lipinski definition) is 1. The summed E-state index contributed by atoms with van der Waals surface area (Å²) in [5, 5.41) is 0. The van der Waals surface area contributed by atoms with Gasteiger partial charge in [-0.1, -0.05) is 66.7 Å². The van der Waals surface area contributed by atoms with Crippen molar-refractivity contribution in [3.8, 4) is 34.0 Å². The van der Waals surface area contributed by atoms with E-state index in [9.17, 15) is 8.42 Å². The number of sulfonamides is 1. The zero-order chi connectivity index (χ0) is 30.5. The molecule has 0 aliphatic carbocycles. The number of ether oxygens (including phenoxy) is 2. The summed E-state index contributed by atoms with van der Waals surface area (Å²) in [7, 11) is -0.663. The van der Waals surface area contributed by atoms with Crippen LogP contribution in [0.1, 0.15) is 18.4 Å². The van der Waals surface area contributed by atoms with Crippen LogP contribution >= 0.6 is 0 Å². The Morgan fingerprint density at radius 2 is 1.43 bits per heavy atom. The number of fused-ring (bicyclic) bond motifs is 1. The summed E-state index contributed by atoms with van der Waals surface area (Å²) in [6.07, 6.45) is 2.00. The van der Waals surface area contributed by atoms with Crippen LogP contribution in [0.25, 0.3) is 33.5 Å². The highest BCUT2D eigenvalue weighted by atomic mass is 32.2. The van der Waals surface area contributed by atoms with Gasteiger partial charge in [0.2, 0.25) is 10.0 Å². The molecule has 4 aromatic carbocycles. The molecular formula is C35H36N4O4S. The van der Waals surface area contributed by atoms with E-state index in [1.807, 2.05) is 42.5 Å². The molecule has 2 heterocycles. The fraction of sp³-hybridized carbons (Fsp3) is 0.257. The normalized spacial score (nSPS) is 15.7. The zero-order valence-electron chi connectivity index (χ0n) is 24.9. The Bertz CT molecular complexity index is 1850. The third-order valence-corrected chi connectivity index (χ3v) is 9.50. The quantitative estimate of drug-likeness (QED) is 0.203. The standard InChI is InChI=1S/C35H36N4O4S/c1-42-32-19-18-29(21-33(32)43-2)44(40,41)36-22-26-9-8-20-39(24-26)23-25-14-16-28(17-15-25)35-34(27-10-4-3-5-11-27)37-30-12-6-7-13-31(30)38-35/h3-7,10-19,21,26,36H,8-9,20,22-24H2,1-2H3. The summed E-state index contributed by atoms with van der Waals surface area (Å²) in [6.45, 7) is 2.99. The van der Waals surface area contributed by atoms with Gasteiger partial charge in [-0.3, -0.25) is 4.90 Å². The largest absolute Gasteiger partial charge is 0.493 e. The van der Waals surface area contributed by atoms with Crippen molar-refractivity contribution in [1.82, 2.24) is 19.6 Å². The minimum atomic E-state index is -3.68. The molecule has 1 fully saturated rings. The number of benzene rings is 4. The summed E-state index contributed by atoms with van der Waals surface area (Å²) < 4.78 is 39.4. The predicted molar refractivity (Wildman–Crippen MR) is 173 cm³/mol. The van der Waals surface area contributed by atoms with Crippen LogP contribution < -0.4 is 14.2 Å². The van der Waals surface area contributed by atoms with Crippen molar-refractivity contribution >= 4 is 21.1 Å². The van der Waals surface area contributed by atoms with Gasteiger partial charge in [0.1, 0.15) is 0 Å². The fourth-order valence-corrected chi connectivity index (χ4v) is 6.91. The van der Waals surface area contributed by atoms with Crippen molar-refractivity contribution in [2.45, 2.75) is 24.3 Å². The molecule has 44 heavy (non-hydrogen) atoms. The van der Waals surface area contributed by atoms with Gasteiger partial charge in [-0.2, -0.15) is 0 Å². The molecular weight excluding hydrogens is 572 g/mol. The Morgan fingerprint density at radius 3 is 2.09 bits per heavy atom. The molecule has 1 aliphatic rings. The Hall–Kier alpha value is -4.31. The molecule has 1 aliphatic heterocycles. The van der Waals surface area contributed by atoms with E-state index in [-0.39, 0.29) is 10.8 Å². The number of hydrogen-bond acceptors (Lipinski definition) is 7. The van der Waals surface area contributed by atoms with Crippen LogP contribution in [0, 0.1) is 5.92 Å². The number of nitrogens with zero attached hydrogens (tertiary/aromatic N) is 3. The Balaban J connectivity index is 1.13. The maximum Gasteiger partial charge on any atom is 0.240 e. The Labute approximate surface area is 258 Å². The lowest BCUT2D eigenvalue weighted by molar-refractivity contribution is 0.169. The van der Waals surface area contributed by atoms with E-state index >= 15 is 0 Å². The third-order valence-electron chi connectivity index (χ3n) is 8.08. The van der Waals surface area contributed by atoms with E-state index in [2.05, 4.69) is 46.0 Å². The second-order valence-electron chi connectivity index (χ2n) is 11.1. The van der Waals surface area contributed by atoms with E-state index in [4.69, 9.17) is 19.4 Å². The van der Waals surface area contributed by atoms with E-state index in [0.29, 0.717) is 18.0 Å². The molecule has 1 unspecified atom stereocenters. The molecule has 0 radical (unpaired) electrons. The molecule has 226 valence electrons. The van der Waals surface area contributed by atoms with Gasteiger partial charge in [-0.05, 0) is 55.1 Å². The maximum atomic E-state index is 13.0. The summed E-state index contributed by atoms with van der Waals surface area (Å²) in [4.78, 5) is 12.6. The van der Waals surface area contributed by atoms with Gasteiger partial charge in [0.05, 0.1) is 41.5 Å². The van der Waals surface area contributed by atoms with Crippen LogP contribution in [-0.2, 0) is 16.6 Å². The van der Waals surface area contributed by atoms with Crippen molar-refractivity contribution in [2.24, 2.45) is 5.92 Å². The average molecular weight is 609 g/mol. The average Bonchev–Trinajstić information content (AvgIpc) is 3.07. The monoisotopic (exact) mass is 608 g/mol. The summed E-state index contributed by atoms with van der Waals surface area (Å²) >= 11 is 0. The molecule has 0 spiro atoms. The predicted octanol–water partition coefficient (Wildman–Crippen LogP) is 6.17. The number of piperidine rings is 1. The molecule has 1 N–H and O–H groups in total. The van der Waals surface area contributed by atoms with Crippen molar-refractivity contribution in [3.63, 3.8) is 0 Å². The molecule has 8 nitrogen and oxygen atoms in total. The van der Waals surface area contributed by atoms with Gasteiger partial charge in [0.25, 0.3) is 0 Å². The lowest BCUT2D eigenvalue weighted by Gasteiger charge is -2.32. The van der Waals surface area contributed by atoms with Gasteiger partial charge in [0.15, 0.2) is 11.5 Å². The van der Waals surface area contributed by atoms with Crippen LogP contribution in [0.2, 0.25) is 0 Å². The Kier molecular flexibility index (Phi) is 8.88. The van der Waals surface area contributed by atoms with Crippen LogP contribution in [0.15, 0.2) is 102 Å². The molecule has 1 atom stereocenters. The first-order valence-electron chi connectivity index (χ1n) is 14.8. The van der Waals surface area contributed by atoms with Gasteiger partial charge in [-0.15, -0.1) is 0 Å². The molecule has 0 bridgehead atoms. The first-order valence-corrected chi connectivity index (χ1v) is 16.3. The smallest absolute Gasteiger partial charge is 0.240 e. The number of nitrogens with one attached hydrogen (secondary N) is 1. The molecule has 5 aromatic rings. The Morgan fingerprint density at radius 1 is 0.795 bits per heavy atom. The SMILES string of the molecule is COc1ccc(S(=O)(=O)NCC2CCCN(Cc3ccc(-c4nc5ccccc5nc4-c4ccccc4)cc3)C2)cc1OC. The van der Waals surface area contributed by atoms with Crippen LogP contribution in [0.5, 0.6) is 11.5 Å². The molecule has 0 saturated carbocycles. The van der Waals surface area contributed by atoms with Gasteiger partial charge >= 0.3 is 0 Å². The second-order valence-corrected chi connectivity index (χ2v) is 12.9. The van der Waals surface area contributed by atoms with E-state index in [1.54, 1.807) is 6.07 Å². The van der Waals surface area contributed by atoms with E-state index in [0.717, 1.165) is 66.0 Å². The molecule has 1 saturated heterocycles. The summed E-state index contributed by atoms with van der Waals surface area (Å²) in [5.41, 5.74) is 6.73. The van der Waals surface area contributed by atoms with Crippen molar-refractivity contribution in [1.29, 1.82) is 0 Å². The van der Waals surface area contributed by atoms with Crippen molar-refractivity contribution in [3.05, 3.63) is 103 Å². The highest BCUT2D eigenvalue weighted by molar-refractivity contribution is 7.89. The highest BCUT2D eigenvalue weighted by Gasteiger charge is 2.24. The number of para-hydroxylation sites is 2. The molecule has 0 amide bonds. The summed E-state index contributed by atoms with van der Waals surface area (Å²) in [6, 6.07) is 31.3. The van der Waals surface area contributed by atoms with E-state index in [1.165, 1.54) is 31.9 Å². The van der Waals surface area contributed by atoms with Gasteiger partial charge in [-0.25, -0.2) is 23.1 Å². The number of likely N-dealkylation sites (tertiary alicyclic amines) is 1. The van der Waals surface area contributed by atoms with Gasteiger partial charge < -0.3 is 9.47 Å². The highest BCUT2D eigenvalue weighted by Crippen LogP contribution is 2.32. The molecule has 6 rings (SSSR count). The number of methoxy groups -OCH3 is 2. The van der Waals surface area contributed by atoms with Crippen LogP contribution in [-0.4, -0.2) is 57.1 Å². The minimum Gasteiger partial charge on any atom is -0.493 e. The lowest BCUT2D eigenvalue weighted by Crippen LogP contribution is -2.40. The summed E-state index contributed by atoms with van der Waals surface area (Å²) in [5.74, 6) is 1.10. The first kappa shape index (κ1) is 29.7. The minimum absolute atomic E-state index is 0.162. The third kappa shape index (κ3) is 6.60.